The molecule has 2 saturated carbocycles. The minimum absolute atomic E-state index is 0.0312. The zero-order chi connectivity index (χ0) is 13.7. The highest BCUT2D eigenvalue weighted by molar-refractivity contribution is 7.99. The number of amides is 2. The van der Waals surface area contributed by atoms with Gasteiger partial charge in [0.1, 0.15) is 0 Å². The van der Waals surface area contributed by atoms with Crippen molar-refractivity contribution >= 4 is 17.8 Å². The first-order valence-corrected chi connectivity index (χ1v) is 8.59. The van der Waals surface area contributed by atoms with E-state index in [0.717, 1.165) is 31.4 Å². The fraction of sp³-hybridized carbons (Fsp3) is 0.929. The van der Waals surface area contributed by atoms with Gasteiger partial charge in [0.2, 0.25) is 0 Å². The number of hydrogen-bond acceptors (Lipinski definition) is 3. The van der Waals surface area contributed by atoms with Crippen molar-refractivity contribution in [2.75, 3.05) is 18.9 Å². The molecule has 0 aromatic rings. The summed E-state index contributed by atoms with van der Waals surface area (Å²) in [6.45, 7) is 2.72. The Morgan fingerprint density at radius 2 is 2.16 bits per heavy atom. The standard InChI is InChI=1S/C14H26N2O2S/c1-2-19-13-5-3-4-11(10-13)15-14(18)16(8-9-17)12-6-7-12/h11-13,17H,2-10H2,1H3,(H,15,18)/t11-,13+/m1/s1. The number of rotatable bonds is 6. The van der Waals surface area contributed by atoms with Gasteiger partial charge < -0.3 is 15.3 Å². The molecular weight excluding hydrogens is 260 g/mol. The molecule has 2 fully saturated rings. The third-order valence-electron chi connectivity index (χ3n) is 3.95. The van der Waals surface area contributed by atoms with Crippen LogP contribution in [0, 0.1) is 0 Å². The lowest BCUT2D eigenvalue weighted by Gasteiger charge is -2.31. The van der Waals surface area contributed by atoms with Crippen molar-refractivity contribution in [2.45, 2.75) is 62.8 Å². The average Bonchev–Trinajstić information content (AvgIpc) is 3.21. The van der Waals surface area contributed by atoms with Gasteiger partial charge >= 0.3 is 6.03 Å². The monoisotopic (exact) mass is 286 g/mol. The number of carbonyl (C=O) groups is 1. The third kappa shape index (κ3) is 4.56. The van der Waals surface area contributed by atoms with E-state index in [-0.39, 0.29) is 12.6 Å². The van der Waals surface area contributed by atoms with Crippen LogP contribution in [0.1, 0.15) is 45.4 Å². The van der Waals surface area contributed by atoms with Crippen LogP contribution in [-0.2, 0) is 0 Å². The van der Waals surface area contributed by atoms with Crippen LogP contribution in [0.4, 0.5) is 4.79 Å². The highest BCUT2D eigenvalue weighted by Crippen LogP contribution is 2.30. The summed E-state index contributed by atoms with van der Waals surface area (Å²) in [6.07, 6.45) is 6.88. The van der Waals surface area contributed by atoms with Crippen LogP contribution in [-0.4, -0.2) is 52.3 Å². The number of urea groups is 1. The van der Waals surface area contributed by atoms with Crippen molar-refractivity contribution in [3.8, 4) is 0 Å². The molecule has 0 bridgehead atoms. The molecule has 2 atom stereocenters. The molecule has 0 radical (unpaired) electrons. The van der Waals surface area contributed by atoms with Crippen LogP contribution < -0.4 is 5.32 Å². The van der Waals surface area contributed by atoms with Crippen molar-refractivity contribution in [1.82, 2.24) is 10.2 Å². The molecule has 5 heteroatoms. The van der Waals surface area contributed by atoms with E-state index in [1.54, 1.807) is 0 Å². The van der Waals surface area contributed by atoms with E-state index in [4.69, 9.17) is 5.11 Å². The maximum atomic E-state index is 12.2. The first kappa shape index (κ1) is 15.0. The molecular formula is C14H26N2O2S. The van der Waals surface area contributed by atoms with E-state index in [1.807, 2.05) is 16.7 Å². The van der Waals surface area contributed by atoms with E-state index in [2.05, 4.69) is 12.2 Å². The SMILES string of the molecule is CCS[C@H]1CCC[C@@H](NC(=O)N(CCO)C2CC2)C1. The molecule has 4 nitrogen and oxygen atoms in total. The number of thioether (sulfide) groups is 1. The Kier molecular flexibility index (Phi) is 5.82. The molecule has 19 heavy (non-hydrogen) atoms. The molecule has 2 aliphatic carbocycles. The molecule has 2 rings (SSSR count). The van der Waals surface area contributed by atoms with Crippen LogP contribution in [0.15, 0.2) is 0 Å². The van der Waals surface area contributed by atoms with Gasteiger partial charge in [-0.1, -0.05) is 13.3 Å². The van der Waals surface area contributed by atoms with E-state index in [1.165, 1.54) is 12.8 Å². The molecule has 0 unspecified atom stereocenters. The zero-order valence-electron chi connectivity index (χ0n) is 11.8. The Hall–Kier alpha value is -0.420. The summed E-state index contributed by atoms with van der Waals surface area (Å²) in [6, 6.07) is 0.727. The van der Waals surface area contributed by atoms with Crippen LogP contribution in [0.5, 0.6) is 0 Å². The molecule has 0 aromatic carbocycles. The molecule has 110 valence electrons. The lowest BCUT2D eigenvalue weighted by atomic mass is 9.95. The van der Waals surface area contributed by atoms with Gasteiger partial charge in [-0.25, -0.2) is 4.79 Å². The highest BCUT2D eigenvalue weighted by Gasteiger charge is 2.33. The van der Waals surface area contributed by atoms with E-state index < -0.39 is 0 Å². The van der Waals surface area contributed by atoms with Crippen molar-refractivity contribution in [2.24, 2.45) is 0 Å². The minimum atomic E-state index is 0.0312. The maximum absolute atomic E-state index is 12.2. The molecule has 0 spiro atoms. The molecule has 0 aromatic heterocycles. The predicted molar refractivity (Wildman–Crippen MR) is 79.5 cm³/mol. The average molecular weight is 286 g/mol. The van der Waals surface area contributed by atoms with Crippen molar-refractivity contribution in [3.63, 3.8) is 0 Å². The fourth-order valence-electron chi connectivity index (χ4n) is 2.86. The molecule has 2 N–H and O–H groups in total. The Labute approximate surface area is 120 Å². The van der Waals surface area contributed by atoms with Crippen molar-refractivity contribution in [3.05, 3.63) is 0 Å². The zero-order valence-corrected chi connectivity index (χ0v) is 12.6. The quantitative estimate of drug-likeness (QED) is 0.787. The topological polar surface area (TPSA) is 52.6 Å². The molecule has 2 amide bonds. The van der Waals surface area contributed by atoms with Crippen molar-refractivity contribution < 1.29 is 9.90 Å². The van der Waals surface area contributed by atoms with Crippen LogP contribution in [0.3, 0.4) is 0 Å². The van der Waals surface area contributed by atoms with Gasteiger partial charge in [0.15, 0.2) is 0 Å². The Balaban J connectivity index is 1.79. The number of aliphatic hydroxyl groups is 1. The summed E-state index contributed by atoms with van der Waals surface area (Å²) in [4.78, 5) is 14.1. The van der Waals surface area contributed by atoms with Crippen LogP contribution >= 0.6 is 11.8 Å². The normalized spacial score (nSPS) is 27.1. The lowest BCUT2D eigenvalue weighted by molar-refractivity contribution is 0.168. The Morgan fingerprint density at radius 3 is 2.79 bits per heavy atom. The van der Waals surface area contributed by atoms with Gasteiger partial charge in [-0.3, -0.25) is 0 Å². The summed E-state index contributed by atoms with van der Waals surface area (Å²) in [5.41, 5.74) is 0. The number of carbonyl (C=O) groups excluding carboxylic acids is 1. The maximum Gasteiger partial charge on any atom is 0.317 e. The predicted octanol–water partition coefficient (Wildman–Crippen LogP) is 2.22. The summed E-state index contributed by atoms with van der Waals surface area (Å²) < 4.78 is 0. The minimum Gasteiger partial charge on any atom is -0.395 e. The second kappa shape index (κ2) is 7.39. The second-order valence-corrected chi connectivity index (χ2v) is 7.12. The smallest absolute Gasteiger partial charge is 0.317 e. The van der Waals surface area contributed by atoms with Gasteiger partial charge in [-0.05, 0) is 37.9 Å². The number of nitrogens with one attached hydrogen (secondary N) is 1. The van der Waals surface area contributed by atoms with Gasteiger partial charge in [-0.2, -0.15) is 11.8 Å². The second-order valence-electron chi connectivity index (χ2n) is 5.54. The van der Waals surface area contributed by atoms with E-state index >= 15 is 0 Å². The summed E-state index contributed by atoms with van der Waals surface area (Å²) >= 11 is 2.02. The van der Waals surface area contributed by atoms with Crippen molar-refractivity contribution in [1.29, 1.82) is 0 Å². The Bertz CT molecular complexity index is 295. The third-order valence-corrected chi connectivity index (χ3v) is 5.18. The molecule has 0 heterocycles. The van der Waals surface area contributed by atoms with E-state index in [0.29, 0.717) is 23.9 Å². The van der Waals surface area contributed by atoms with Crippen LogP contribution in [0.25, 0.3) is 0 Å². The number of nitrogens with zero attached hydrogens (tertiary/aromatic N) is 1. The summed E-state index contributed by atoms with van der Waals surface area (Å²) in [5, 5.41) is 12.9. The van der Waals surface area contributed by atoms with Gasteiger partial charge in [0.25, 0.3) is 0 Å². The molecule has 2 aliphatic rings. The molecule has 0 aliphatic heterocycles. The van der Waals surface area contributed by atoms with E-state index in [9.17, 15) is 4.79 Å². The number of aliphatic hydroxyl groups excluding tert-OH is 1. The number of hydrogen-bond donors (Lipinski definition) is 2. The Morgan fingerprint density at radius 1 is 1.37 bits per heavy atom. The van der Waals surface area contributed by atoms with Gasteiger partial charge in [-0.15, -0.1) is 0 Å². The largest absolute Gasteiger partial charge is 0.395 e. The molecule has 0 saturated heterocycles. The first-order valence-electron chi connectivity index (χ1n) is 7.54. The first-order chi connectivity index (χ1) is 9.24. The lowest BCUT2D eigenvalue weighted by Crippen LogP contribution is -2.48. The van der Waals surface area contributed by atoms with Crippen LogP contribution in [0.2, 0.25) is 0 Å². The summed E-state index contributed by atoms with van der Waals surface area (Å²) in [7, 11) is 0. The van der Waals surface area contributed by atoms with Gasteiger partial charge in [0.05, 0.1) is 6.61 Å². The van der Waals surface area contributed by atoms with Gasteiger partial charge in [0, 0.05) is 23.9 Å². The summed E-state index contributed by atoms with van der Waals surface area (Å²) in [5.74, 6) is 1.16. The fourth-order valence-corrected chi connectivity index (χ4v) is 4.04. The highest BCUT2D eigenvalue weighted by atomic mass is 32.2.